The summed E-state index contributed by atoms with van der Waals surface area (Å²) in [5, 5.41) is 11.2. The van der Waals surface area contributed by atoms with Gasteiger partial charge in [0.2, 0.25) is 0 Å². The lowest BCUT2D eigenvalue weighted by Crippen LogP contribution is -2.43. The molecule has 0 spiro atoms. The molecule has 218 valence electrons. The van der Waals surface area contributed by atoms with E-state index < -0.39 is 41.3 Å². The summed E-state index contributed by atoms with van der Waals surface area (Å²) in [5.41, 5.74) is 2.08. The van der Waals surface area contributed by atoms with Crippen molar-refractivity contribution in [2.45, 2.75) is 46.4 Å². The zero-order valence-corrected chi connectivity index (χ0v) is 24.3. The number of aliphatic hydroxyl groups is 1. The van der Waals surface area contributed by atoms with Gasteiger partial charge in [-0.2, -0.15) is 5.06 Å². The first kappa shape index (κ1) is 30.4. The molecule has 3 aromatic carbocycles. The van der Waals surface area contributed by atoms with Crippen molar-refractivity contribution in [3.63, 3.8) is 0 Å². The van der Waals surface area contributed by atoms with Gasteiger partial charge in [-0.15, -0.1) is 0 Å². The molecule has 7 heteroatoms. The Kier molecular flexibility index (Phi) is 10.3. The van der Waals surface area contributed by atoms with Gasteiger partial charge in [0.1, 0.15) is 6.04 Å². The molecule has 0 aliphatic carbocycles. The Labute approximate surface area is 243 Å². The lowest BCUT2D eigenvalue weighted by Gasteiger charge is -2.30. The van der Waals surface area contributed by atoms with Crippen LogP contribution in [-0.4, -0.2) is 47.9 Å². The zero-order chi connectivity index (χ0) is 29.4. The van der Waals surface area contributed by atoms with E-state index in [-0.39, 0.29) is 32.3 Å². The Balaban J connectivity index is 1.63. The van der Waals surface area contributed by atoms with Gasteiger partial charge in [-0.3, -0.25) is 14.4 Å². The van der Waals surface area contributed by atoms with Gasteiger partial charge >= 0.3 is 11.9 Å². The molecule has 0 saturated carbocycles. The van der Waals surface area contributed by atoms with E-state index >= 15 is 0 Å². The summed E-state index contributed by atoms with van der Waals surface area (Å²) >= 11 is 0. The van der Waals surface area contributed by atoms with E-state index in [0.29, 0.717) is 0 Å². The van der Waals surface area contributed by atoms with Crippen molar-refractivity contribution >= 4 is 11.9 Å². The third-order valence-corrected chi connectivity index (χ3v) is 7.54. The number of esters is 2. The number of hydrogen-bond donors (Lipinski definition) is 1. The Morgan fingerprint density at radius 3 is 1.93 bits per heavy atom. The van der Waals surface area contributed by atoms with Crippen LogP contribution in [0.2, 0.25) is 0 Å². The summed E-state index contributed by atoms with van der Waals surface area (Å²) in [7, 11) is 0. The fourth-order valence-corrected chi connectivity index (χ4v) is 5.23. The molecular formula is C34H41NO6. The number of carbonyl (C=O) groups excluding carboxylic acids is 2. The van der Waals surface area contributed by atoms with E-state index in [1.54, 1.807) is 5.06 Å². The normalized spacial score (nSPS) is 19.4. The average Bonchev–Trinajstić information content (AvgIpc) is 3.39. The van der Waals surface area contributed by atoms with E-state index in [0.717, 1.165) is 16.7 Å². The van der Waals surface area contributed by atoms with Crippen LogP contribution in [0.15, 0.2) is 91.0 Å². The Bertz CT molecular complexity index is 1210. The second-order valence-electron chi connectivity index (χ2n) is 11.8. The zero-order valence-electron chi connectivity index (χ0n) is 24.3. The van der Waals surface area contributed by atoms with Gasteiger partial charge in [0.05, 0.1) is 25.7 Å². The van der Waals surface area contributed by atoms with Gasteiger partial charge in [0.25, 0.3) is 0 Å². The molecule has 1 N–H and O–H groups in total. The molecule has 7 nitrogen and oxygen atoms in total. The van der Waals surface area contributed by atoms with Gasteiger partial charge in [-0.1, -0.05) is 119 Å². The van der Waals surface area contributed by atoms with Crippen LogP contribution in [0.4, 0.5) is 0 Å². The molecule has 0 radical (unpaired) electrons. The van der Waals surface area contributed by atoms with Crippen LogP contribution in [0.5, 0.6) is 0 Å². The van der Waals surface area contributed by atoms with Crippen molar-refractivity contribution in [2.75, 3.05) is 19.8 Å². The maximum absolute atomic E-state index is 14.1. The van der Waals surface area contributed by atoms with Gasteiger partial charge < -0.3 is 14.6 Å². The van der Waals surface area contributed by atoms with Crippen LogP contribution >= 0.6 is 0 Å². The van der Waals surface area contributed by atoms with Crippen molar-refractivity contribution in [3.05, 3.63) is 108 Å². The standard InChI is InChI=1S/C34H41NO6/c1-24(2)29-28(32(37)39-23-34(3,4)22-36)20-35(40-21-25-14-8-5-9-15-25)30(29)33(38)41-31(26-16-10-6-11-17-26)27-18-12-7-13-19-27/h5-19,24,28-31,36H,20-23H2,1-4H3/t28-,29+,30+/m0/s1. The SMILES string of the molecule is CC(C)[C@@H]1[C@@H](C(=O)OCC(C)(C)CO)CN(OCc2ccccc2)[C@H]1C(=O)OC(c1ccccc1)c1ccccc1. The highest BCUT2D eigenvalue weighted by molar-refractivity contribution is 5.81. The number of benzene rings is 3. The monoisotopic (exact) mass is 559 g/mol. The van der Waals surface area contributed by atoms with Crippen molar-refractivity contribution in [3.8, 4) is 0 Å². The molecule has 1 saturated heterocycles. The second-order valence-corrected chi connectivity index (χ2v) is 11.8. The molecule has 1 heterocycles. The second kappa shape index (κ2) is 13.9. The smallest absolute Gasteiger partial charge is 0.327 e. The number of ether oxygens (including phenoxy) is 2. The molecule has 1 aliphatic rings. The highest BCUT2D eigenvalue weighted by atomic mass is 16.7. The lowest BCUT2D eigenvalue weighted by atomic mass is 9.81. The van der Waals surface area contributed by atoms with E-state index in [9.17, 15) is 14.7 Å². The van der Waals surface area contributed by atoms with Gasteiger partial charge in [0, 0.05) is 17.9 Å². The number of hydrogen-bond acceptors (Lipinski definition) is 7. The molecule has 3 atom stereocenters. The van der Waals surface area contributed by atoms with Crippen molar-refractivity contribution < 1.29 is 29.0 Å². The Morgan fingerprint density at radius 1 is 0.878 bits per heavy atom. The summed E-state index contributed by atoms with van der Waals surface area (Å²) in [6.45, 7) is 8.05. The first-order valence-electron chi connectivity index (χ1n) is 14.2. The molecule has 0 aromatic heterocycles. The summed E-state index contributed by atoms with van der Waals surface area (Å²) < 4.78 is 12.0. The Hall–Kier alpha value is -3.52. The van der Waals surface area contributed by atoms with Gasteiger partial charge in [-0.05, 0) is 22.6 Å². The topological polar surface area (TPSA) is 85.3 Å². The number of carbonyl (C=O) groups is 2. The third-order valence-electron chi connectivity index (χ3n) is 7.54. The van der Waals surface area contributed by atoms with Crippen molar-refractivity contribution in [1.29, 1.82) is 0 Å². The molecule has 41 heavy (non-hydrogen) atoms. The molecule has 1 aliphatic heterocycles. The van der Waals surface area contributed by atoms with Crippen molar-refractivity contribution in [2.24, 2.45) is 23.2 Å². The number of aliphatic hydroxyl groups excluding tert-OH is 1. The predicted octanol–water partition coefficient (Wildman–Crippen LogP) is 5.59. The number of hydroxylamine groups is 2. The first-order chi connectivity index (χ1) is 19.7. The fourth-order valence-electron chi connectivity index (χ4n) is 5.23. The van der Waals surface area contributed by atoms with Crippen LogP contribution < -0.4 is 0 Å². The maximum atomic E-state index is 14.1. The third kappa shape index (κ3) is 7.82. The highest BCUT2D eigenvalue weighted by Gasteiger charge is 2.52. The van der Waals surface area contributed by atoms with E-state index in [2.05, 4.69) is 0 Å². The van der Waals surface area contributed by atoms with Crippen LogP contribution in [0, 0.1) is 23.2 Å². The predicted molar refractivity (Wildman–Crippen MR) is 156 cm³/mol. The van der Waals surface area contributed by atoms with E-state index in [4.69, 9.17) is 14.3 Å². The summed E-state index contributed by atoms with van der Waals surface area (Å²) in [4.78, 5) is 33.8. The molecule has 1 fully saturated rings. The van der Waals surface area contributed by atoms with E-state index in [1.165, 1.54) is 0 Å². The van der Waals surface area contributed by atoms with Gasteiger partial charge in [-0.25, -0.2) is 0 Å². The summed E-state index contributed by atoms with van der Waals surface area (Å²) in [5.74, 6) is -1.93. The van der Waals surface area contributed by atoms with Crippen molar-refractivity contribution in [1.82, 2.24) is 5.06 Å². The lowest BCUT2D eigenvalue weighted by molar-refractivity contribution is -0.203. The summed E-state index contributed by atoms with van der Waals surface area (Å²) in [6, 6.07) is 28.1. The quantitative estimate of drug-likeness (QED) is 0.290. The minimum Gasteiger partial charge on any atom is -0.465 e. The minimum atomic E-state index is -0.822. The Morgan fingerprint density at radius 2 is 1.41 bits per heavy atom. The fraction of sp³-hybridized carbons (Fsp3) is 0.412. The molecule has 0 amide bonds. The molecule has 4 rings (SSSR count). The first-order valence-corrected chi connectivity index (χ1v) is 14.2. The van der Waals surface area contributed by atoms with E-state index in [1.807, 2.05) is 119 Å². The highest BCUT2D eigenvalue weighted by Crippen LogP contribution is 2.39. The largest absolute Gasteiger partial charge is 0.465 e. The molecular weight excluding hydrogens is 518 g/mol. The van der Waals surface area contributed by atoms with Gasteiger partial charge in [0.15, 0.2) is 6.10 Å². The molecule has 3 aromatic rings. The molecule has 0 bridgehead atoms. The minimum absolute atomic E-state index is 0.0480. The molecule has 0 unspecified atom stereocenters. The number of rotatable bonds is 12. The summed E-state index contributed by atoms with van der Waals surface area (Å²) in [6.07, 6.45) is -0.620. The van der Waals surface area contributed by atoms with Crippen LogP contribution in [-0.2, 0) is 30.5 Å². The van der Waals surface area contributed by atoms with Crippen LogP contribution in [0.25, 0.3) is 0 Å². The van der Waals surface area contributed by atoms with Crippen LogP contribution in [0.1, 0.15) is 50.5 Å². The average molecular weight is 560 g/mol. The maximum Gasteiger partial charge on any atom is 0.327 e. The number of nitrogens with zero attached hydrogens (tertiary/aromatic N) is 1. The van der Waals surface area contributed by atoms with Crippen LogP contribution in [0.3, 0.4) is 0 Å².